The summed E-state index contributed by atoms with van der Waals surface area (Å²) in [4.78, 5) is 24.4. The van der Waals surface area contributed by atoms with Crippen molar-refractivity contribution >= 4 is 22.8 Å². The molecule has 128 valence electrons. The summed E-state index contributed by atoms with van der Waals surface area (Å²) in [6.07, 6.45) is 4.76. The number of carbonyl (C=O) groups excluding carboxylic acids is 2. The van der Waals surface area contributed by atoms with E-state index in [-0.39, 0.29) is 30.3 Å². The molecule has 0 aliphatic heterocycles. The van der Waals surface area contributed by atoms with E-state index in [0.29, 0.717) is 11.3 Å². The van der Waals surface area contributed by atoms with Crippen LogP contribution in [0.1, 0.15) is 37.8 Å². The molecule has 24 heavy (non-hydrogen) atoms. The lowest BCUT2D eigenvalue weighted by molar-refractivity contribution is -0.147. The lowest BCUT2D eigenvalue weighted by Gasteiger charge is -2.24. The first-order chi connectivity index (χ1) is 11.7. The fraction of sp³-hybridized carbons (Fsp3) is 0.500. The molecule has 6 heteroatoms. The molecule has 2 atom stereocenters. The second-order valence-electron chi connectivity index (χ2n) is 6.24. The van der Waals surface area contributed by atoms with Gasteiger partial charge in [-0.25, -0.2) is 0 Å². The molecule has 1 heterocycles. The number of nitrogens with zero attached hydrogens (tertiary/aromatic N) is 1. The van der Waals surface area contributed by atoms with E-state index in [0.717, 1.165) is 37.5 Å². The van der Waals surface area contributed by atoms with Crippen molar-refractivity contribution in [2.24, 2.45) is 5.92 Å². The SMILES string of the molecule is COC(=O)C1CCCCCC1NC(=O)Cc1noc2ccccc12. The summed E-state index contributed by atoms with van der Waals surface area (Å²) >= 11 is 0. The average Bonchev–Trinajstić information content (AvgIpc) is 2.85. The molecule has 1 aromatic heterocycles. The zero-order valence-electron chi connectivity index (χ0n) is 13.8. The van der Waals surface area contributed by atoms with Gasteiger partial charge in [0.2, 0.25) is 5.91 Å². The predicted molar refractivity (Wildman–Crippen MR) is 88.2 cm³/mol. The molecule has 6 nitrogen and oxygen atoms in total. The Labute approximate surface area is 140 Å². The Morgan fingerprint density at radius 1 is 1.25 bits per heavy atom. The highest BCUT2D eigenvalue weighted by molar-refractivity contribution is 5.86. The van der Waals surface area contributed by atoms with Crippen LogP contribution in [0.4, 0.5) is 0 Å². The third-order valence-corrected chi connectivity index (χ3v) is 4.65. The number of hydrogen-bond donors (Lipinski definition) is 1. The number of carbonyl (C=O) groups is 2. The summed E-state index contributed by atoms with van der Waals surface area (Å²) < 4.78 is 10.1. The first kappa shape index (κ1) is 16.5. The summed E-state index contributed by atoms with van der Waals surface area (Å²) in [6, 6.07) is 7.29. The van der Waals surface area contributed by atoms with Crippen molar-refractivity contribution in [1.82, 2.24) is 10.5 Å². The van der Waals surface area contributed by atoms with Crippen molar-refractivity contribution in [3.8, 4) is 0 Å². The van der Waals surface area contributed by atoms with Crippen molar-refractivity contribution in [2.75, 3.05) is 7.11 Å². The van der Waals surface area contributed by atoms with Gasteiger partial charge in [0, 0.05) is 11.4 Å². The van der Waals surface area contributed by atoms with Crippen LogP contribution < -0.4 is 5.32 Å². The van der Waals surface area contributed by atoms with E-state index in [1.54, 1.807) is 0 Å². The van der Waals surface area contributed by atoms with E-state index in [2.05, 4.69) is 10.5 Å². The van der Waals surface area contributed by atoms with E-state index in [1.807, 2.05) is 24.3 Å². The standard InChI is InChI=1S/C18H22N2O4/c1-23-18(22)13-8-3-2-4-9-14(13)19-17(21)11-15-12-7-5-6-10-16(12)24-20-15/h5-7,10,13-14H,2-4,8-9,11H2,1H3,(H,19,21). The Balaban J connectivity index is 1.69. The Bertz CT molecular complexity index is 725. The van der Waals surface area contributed by atoms with Gasteiger partial charge in [0.1, 0.15) is 5.69 Å². The third-order valence-electron chi connectivity index (χ3n) is 4.65. The number of amides is 1. The van der Waals surface area contributed by atoms with Crippen LogP contribution in [-0.4, -0.2) is 30.2 Å². The van der Waals surface area contributed by atoms with Gasteiger partial charge >= 0.3 is 5.97 Å². The number of para-hydroxylation sites is 1. The average molecular weight is 330 g/mol. The molecule has 1 N–H and O–H groups in total. The van der Waals surface area contributed by atoms with Gasteiger partial charge in [0.05, 0.1) is 19.4 Å². The molecule has 0 radical (unpaired) electrons. The molecule has 0 bridgehead atoms. The lowest BCUT2D eigenvalue weighted by atomic mass is 9.94. The summed E-state index contributed by atoms with van der Waals surface area (Å²) in [5.41, 5.74) is 1.29. The van der Waals surface area contributed by atoms with Gasteiger partial charge < -0.3 is 14.6 Å². The highest BCUT2D eigenvalue weighted by Gasteiger charge is 2.31. The molecule has 0 saturated heterocycles. The van der Waals surface area contributed by atoms with Crippen LogP contribution >= 0.6 is 0 Å². The first-order valence-corrected chi connectivity index (χ1v) is 8.39. The lowest BCUT2D eigenvalue weighted by Crippen LogP contribution is -2.43. The largest absolute Gasteiger partial charge is 0.469 e. The van der Waals surface area contributed by atoms with E-state index in [4.69, 9.17) is 9.26 Å². The molecule has 3 rings (SSSR count). The number of nitrogens with one attached hydrogen (secondary N) is 1. The van der Waals surface area contributed by atoms with Gasteiger partial charge in [0.15, 0.2) is 5.58 Å². The maximum Gasteiger partial charge on any atom is 0.310 e. The Hall–Kier alpha value is -2.37. The number of fused-ring (bicyclic) bond motifs is 1. The topological polar surface area (TPSA) is 81.4 Å². The highest BCUT2D eigenvalue weighted by Crippen LogP contribution is 2.25. The minimum Gasteiger partial charge on any atom is -0.469 e. The number of esters is 1. The number of hydrogen-bond acceptors (Lipinski definition) is 5. The van der Waals surface area contributed by atoms with Crippen molar-refractivity contribution in [2.45, 2.75) is 44.6 Å². The van der Waals surface area contributed by atoms with Crippen LogP contribution in [0.15, 0.2) is 28.8 Å². The molecule has 0 spiro atoms. The number of rotatable bonds is 4. The smallest absolute Gasteiger partial charge is 0.310 e. The molecule has 1 aromatic carbocycles. The van der Waals surface area contributed by atoms with Crippen molar-refractivity contribution in [3.63, 3.8) is 0 Å². The summed E-state index contributed by atoms with van der Waals surface area (Å²) in [7, 11) is 1.40. The van der Waals surface area contributed by atoms with Gasteiger partial charge in [-0.1, -0.05) is 36.6 Å². The van der Waals surface area contributed by atoms with Crippen molar-refractivity contribution < 1.29 is 18.8 Å². The Kier molecular flexibility index (Phi) is 5.13. The molecule has 1 amide bonds. The Morgan fingerprint density at radius 3 is 2.88 bits per heavy atom. The monoisotopic (exact) mass is 330 g/mol. The molecule has 1 aliphatic carbocycles. The first-order valence-electron chi connectivity index (χ1n) is 8.39. The summed E-state index contributed by atoms with van der Waals surface area (Å²) in [5.74, 6) is -0.653. The fourth-order valence-electron chi connectivity index (χ4n) is 3.39. The van der Waals surface area contributed by atoms with Crippen LogP contribution in [-0.2, 0) is 20.7 Å². The zero-order chi connectivity index (χ0) is 16.9. The number of benzene rings is 1. The highest BCUT2D eigenvalue weighted by atomic mass is 16.5. The second-order valence-corrected chi connectivity index (χ2v) is 6.24. The minimum atomic E-state index is -0.268. The van der Waals surface area contributed by atoms with Gasteiger partial charge in [-0.2, -0.15) is 0 Å². The fourth-order valence-corrected chi connectivity index (χ4v) is 3.39. The number of aromatic nitrogens is 1. The van der Waals surface area contributed by atoms with Crippen LogP contribution in [0.25, 0.3) is 11.0 Å². The third kappa shape index (κ3) is 3.58. The van der Waals surface area contributed by atoms with Crippen LogP contribution in [0.5, 0.6) is 0 Å². The summed E-state index contributed by atoms with van der Waals surface area (Å²) in [5, 5.41) is 7.84. The van der Waals surface area contributed by atoms with Gasteiger partial charge in [-0.05, 0) is 25.0 Å². The maximum atomic E-state index is 12.4. The van der Waals surface area contributed by atoms with E-state index < -0.39 is 0 Å². The molecule has 1 aliphatic rings. The van der Waals surface area contributed by atoms with E-state index in [9.17, 15) is 9.59 Å². The van der Waals surface area contributed by atoms with Crippen LogP contribution in [0, 0.1) is 5.92 Å². The predicted octanol–water partition coefficient (Wildman–Crippen LogP) is 2.61. The molecule has 1 fully saturated rings. The van der Waals surface area contributed by atoms with E-state index in [1.165, 1.54) is 7.11 Å². The molecule has 2 aromatic rings. The second kappa shape index (κ2) is 7.47. The zero-order valence-corrected chi connectivity index (χ0v) is 13.8. The van der Waals surface area contributed by atoms with Gasteiger partial charge in [0.25, 0.3) is 0 Å². The molecule has 2 unspecified atom stereocenters. The number of methoxy groups -OCH3 is 1. The van der Waals surface area contributed by atoms with Gasteiger partial charge in [-0.3, -0.25) is 9.59 Å². The van der Waals surface area contributed by atoms with Crippen LogP contribution in [0.2, 0.25) is 0 Å². The van der Waals surface area contributed by atoms with Gasteiger partial charge in [-0.15, -0.1) is 0 Å². The minimum absolute atomic E-state index is 0.140. The quantitative estimate of drug-likeness (QED) is 0.688. The van der Waals surface area contributed by atoms with E-state index >= 15 is 0 Å². The summed E-state index contributed by atoms with van der Waals surface area (Å²) in [6.45, 7) is 0. The maximum absolute atomic E-state index is 12.4. The van der Waals surface area contributed by atoms with Crippen LogP contribution in [0.3, 0.4) is 0 Å². The number of ether oxygens (including phenoxy) is 1. The molecular weight excluding hydrogens is 308 g/mol. The molecule has 1 saturated carbocycles. The molecular formula is C18H22N2O4. The Morgan fingerprint density at radius 2 is 2.04 bits per heavy atom. The normalized spacial score (nSPS) is 21.2. The van der Waals surface area contributed by atoms with Crippen molar-refractivity contribution in [1.29, 1.82) is 0 Å². The van der Waals surface area contributed by atoms with Crippen molar-refractivity contribution in [3.05, 3.63) is 30.0 Å².